The molecular weight excluding hydrogens is 254 g/mol. The quantitative estimate of drug-likeness (QED) is 0.863. The van der Waals surface area contributed by atoms with Crippen LogP contribution in [0.15, 0.2) is 12.1 Å². The molecule has 0 fully saturated rings. The molecule has 0 aliphatic rings. The van der Waals surface area contributed by atoms with Gasteiger partial charge in [0.15, 0.2) is 0 Å². The first-order valence-corrected chi connectivity index (χ1v) is 6.09. The second-order valence-electron chi connectivity index (χ2n) is 4.49. The zero-order valence-electron chi connectivity index (χ0n) is 10.7. The highest BCUT2D eigenvalue weighted by Gasteiger charge is 2.19. The van der Waals surface area contributed by atoms with Gasteiger partial charge >= 0.3 is 5.97 Å². The summed E-state index contributed by atoms with van der Waals surface area (Å²) in [5.41, 5.74) is 7.23. The number of hydrogen-bond donors (Lipinski definition) is 2. The maximum absolute atomic E-state index is 10.8. The average Bonchev–Trinajstić information content (AvgIpc) is 2.27. The third-order valence-corrected chi connectivity index (χ3v) is 2.96. The van der Waals surface area contributed by atoms with Gasteiger partial charge in [-0.3, -0.25) is 4.79 Å². The van der Waals surface area contributed by atoms with Crippen molar-refractivity contribution in [1.82, 2.24) is 0 Å². The van der Waals surface area contributed by atoms with Crippen LogP contribution in [0.2, 0.25) is 5.02 Å². The van der Waals surface area contributed by atoms with E-state index in [1.807, 2.05) is 19.9 Å². The number of nitrogens with two attached hydrogens (primary N) is 1. The van der Waals surface area contributed by atoms with Crippen LogP contribution in [0.5, 0.6) is 5.75 Å². The van der Waals surface area contributed by atoms with E-state index in [1.54, 1.807) is 13.2 Å². The molecule has 0 aliphatic heterocycles. The number of ether oxygens (including phenoxy) is 1. The number of carboxylic acids is 1. The zero-order chi connectivity index (χ0) is 13.9. The van der Waals surface area contributed by atoms with E-state index < -0.39 is 12.0 Å². The van der Waals surface area contributed by atoms with Gasteiger partial charge in [-0.15, -0.1) is 0 Å². The molecule has 0 bridgehead atoms. The number of aliphatic carboxylic acids is 1. The van der Waals surface area contributed by atoms with Gasteiger partial charge in [0.2, 0.25) is 0 Å². The lowest BCUT2D eigenvalue weighted by Gasteiger charge is -2.18. The van der Waals surface area contributed by atoms with Crippen molar-refractivity contribution in [2.75, 3.05) is 7.11 Å². The Morgan fingerprint density at radius 1 is 1.50 bits per heavy atom. The number of benzene rings is 1. The molecule has 0 heterocycles. The molecule has 1 unspecified atom stereocenters. The largest absolute Gasteiger partial charge is 0.496 e. The lowest BCUT2D eigenvalue weighted by molar-refractivity contribution is -0.138. The fourth-order valence-electron chi connectivity index (χ4n) is 1.83. The van der Waals surface area contributed by atoms with E-state index in [0.717, 1.165) is 11.1 Å². The lowest BCUT2D eigenvalue weighted by Crippen LogP contribution is -2.32. The molecule has 0 saturated carbocycles. The number of hydrogen-bond acceptors (Lipinski definition) is 3. The third kappa shape index (κ3) is 3.37. The molecule has 1 atom stereocenters. The molecule has 0 spiro atoms. The van der Waals surface area contributed by atoms with E-state index >= 15 is 0 Å². The Balaban J connectivity index is 3.21. The second kappa shape index (κ2) is 6.07. The van der Waals surface area contributed by atoms with Crippen molar-refractivity contribution in [3.63, 3.8) is 0 Å². The molecule has 1 aromatic rings. The Labute approximate surface area is 112 Å². The first-order chi connectivity index (χ1) is 8.36. The van der Waals surface area contributed by atoms with Gasteiger partial charge in [0.1, 0.15) is 11.8 Å². The summed E-state index contributed by atoms with van der Waals surface area (Å²) in [5, 5.41) is 9.42. The molecule has 0 amide bonds. The Hall–Kier alpha value is -1.26. The van der Waals surface area contributed by atoms with Crippen LogP contribution in [0.3, 0.4) is 0 Å². The molecule has 0 saturated heterocycles. The summed E-state index contributed by atoms with van der Waals surface area (Å²) in [7, 11) is 1.56. The first-order valence-electron chi connectivity index (χ1n) is 5.71. The minimum absolute atomic E-state index is 0.193. The standard InChI is InChI=1S/C13H18ClNO3/c1-7(2)10-6-9(14)4-8(12(10)18-3)5-11(15)13(16)17/h4,6-7,11H,5,15H2,1-3H3,(H,16,17). The SMILES string of the molecule is COc1c(CC(N)C(=O)O)cc(Cl)cc1C(C)C. The van der Waals surface area contributed by atoms with Crippen molar-refractivity contribution in [1.29, 1.82) is 0 Å². The van der Waals surface area contributed by atoms with E-state index in [9.17, 15) is 4.79 Å². The van der Waals surface area contributed by atoms with Crippen LogP contribution in [-0.4, -0.2) is 24.2 Å². The van der Waals surface area contributed by atoms with Gasteiger partial charge in [-0.2, -0.15) is 0 Å². The van der Waals surface area contributed by atoms with E-state index in [0.29, 0.717) is 10.8 Å². The fraction of sp³-hybridized carbons (Fsp3) is 0.462. The number of methoxy groups -OCH3 is 1. The second-order valence-corrected chi connectivity index (χ2v) is 4.93. The summed E-state index contributed by atoms with van der Waals surface area (Å²) < 4.78 is 5.37. The van der Waals surface area contributed by atoms with E-state index in [-0.39, 0.29) is 12.3 Å². The van der Waals surface area contributed by atoms with E-state index in [4.69, 9.17) is 27.2 Å². The molecule has 1 aromatic carbocycles. The van der Waals surface area contributed by atoms with Crippen LogP contribution >= 0.6 is 11.6 Å². The Morgan fingerprint density at radius 2 is 2.11 bits per heavy atom. The minimum Gasteiger partial charge on any atom is -0.496 e. The fourth-order valence-corrected chi connectivity index (χ4v) is 2.08. The Bertz CT molecular complexity index is 446. The van der Waals surface area contributed by atoms with Gasteiger partial charge in [-0.25, -0.2) is 0 Å². The first kappa shape index (κ1) is 14.8. The summed E-state index contributed by atoms with van der Waals surface area (Å²) in [6, 6.07) is 2.58. The van der Waals surface area contributed by atoms with Crippen LogP contribution in [0, 0.1) is 0 Å². The predicted molar refractivity (Wildman–Crippen MR) is 71.4 cm³/mol. The summed E-state index contributed by atoms with van der Waals surface area (Å²) >= 11 is 6.04. The summed E-state index contributed by atoms with van der Waals surface area (Å²) in [4.78, 5) is 10.8. The van der Waals surface area contributed by atoms with Crippen LogP contribution in [0.25, 0.3) is 0 Å². The number of rotatable bonds is 5. The maximum atomic E-state index is 10.8. The Kier molecular flexibility index (Phi) is 4.99. The molecule has 5 heteroatoms. The lowest BCUT2D eigenvalue weighted by atomic mass is 9.96. The van der Waals surface area contributed by atoms with Crippen LogP contribution in [0.1, 0.15) is 30.9 Å². The highest BCUT2D eigenvalue weighted by molar-refractivity contribution is 6.30. The van der Waals surface area contributed by atoms with Gasteiger partial charge < -0.3 is 15.6 Å². The predicted octanol–water partition coefficient (Wildman–Crippen LogP) is 2.43. The topological polar surface area (TPSA) is 72.5 Å². The summed E-state index contributed by atoms with van der Waals surface area (Å²) in [5.74, 6) is -0.132. The van der Waals surface area contributed by atoms with Crippen molar-refractivity contribution in [3.8, 4) is 5.75 Å². The Morgan fingerprint density at radius 3 is 2.56 bits per heavy atom. The third-order valence-electron chi connectivity index (χ3n) is 2.74. The smallest absolute Gasteiger partial charge is 0.320 e. The molecule has 0 aliphatic carbocycles. The van der Waals surface area contributed by atoms with E-state index in [1.165, 1.54) is 0 Å². The van der Waals surface area contributed by atoms with Crippen LogP contribution in [0.4, 0.5) is 0 Å². The van der Waals surface area contributed by atoms with Crippen molar-refractivity contribution < 1.29 is 14.6 Å². The van der Waals surface area contributed by atoms with E-state index in [2.05, 4.69) is 0 Å². The van der Waals surface area contributed by atoms with Gasteiger partial charge in [0.05, 0.1) is 7.11 Å². The number of carbonyl (C=O) groups is 1. The maximum Gasteiger partial charge on any atom is 0.320 e. The van der Waals surface area contributed by atoms with Crippen molar-refractivity contribution in [2.45, 2.75) is 32.2 Å². The normalized spacial score (nSPS) is 12.6. The highest BCUT2D eigenvalue weighted by Crippen LogP contribution is 2.33. The zero-order valence-corrected chi connectivity index (χ0v) is 11.5. The molecule has 100 valence electrons. The molecule has 3 N–H and O–H groups in total. The molecule has 1 rings (SSSR count). The van der Waals surface area contributed by atoms with Gasteiger partial charge in [0.25, 0.3) is 0 Å². The van der Waals surface area contributed by atoms with Crippen molar-refractivity contribution in [3.05, 3.63) is 28.3 Å². The minimum atomic E-state index is -1.04. The van der Waals surface area contributed by atoms with Gasteiger partial charge in [0, 0.05) is 11.4 Å². The van der Waals surface area contributed by atoms with Crippen LogP contribution in [-0.2, 0) is 11.2 Å². The average molecular weight is 272 g/mol. The highest BCUT2D eigenvalue weighted by atomic mass is 35.5. The molecule has 0 aromatic heterocycles. The molecular formula is C13H18ClNO3. The molecule has 18 heavy (non-hydrogen) atoms. The molecule has 4 nitrogen and oxygen atoms in total. The van der Waals surface area contributed by atoms with Gasteiger partial charge in [-0.1, -0.05) is 25.4 Å². The molecule has 0 radical (unpaired) electrons. The summed E-state index contributed by atoms with van der Waals surface area (Å²) in [6.07, 6.45) is 0.193. The van der Waals surface area contributed by atoms with Crippen LogP contribution < -0.4 is 10.5 Å². The summed E-state index contributed by atoms with van der Waals surface area (Å²) in [6.45, 7) is 4.05. The number of halogens is 1. The van der Waals surface area contributed by atoms with Gasteiger partial charge in [-0.05, 0) is 29.2 Å². The van der Waals surface area contributed by atoms with Crippen molar-refractivity contribution in [2.24, 2.45) is 5.73 Å². The number of carboxylic acid groups (broad SMARTS) is 1. The van der Waals surface area contributed by atoms with Crippen molar-refractivity contribution >= 4 is 17.6 Å². The monoisotopic (exact) mass is 271 g/mol.